The van der Waals surface area contributed by atoms with Crippen molar-refractivity contribution in [3.63, 3.8) is 0 Å². The van der Waals surface area contributed by atoms with E-state index in [9.17, 15) is 4.79 Å². The summed E-state index contributed by atoms with van der Waals surface area (Å²) in [4.78, 5) is 16.8. The van der Waals surface area contributed by atoms with Gasteiger partial charge in [0.15, 0.2) is 0 Å². The Bertz CT molecular complexity index is 357. The molecule has 3 atom stereocenters. The van der Waals surface area contributed by atoms with Crippen LogP contribution in [0.5, 0.6) is 0 Å². The number of hydrogen-bond donors (Lipinski definition) is 1. The molecule has 0 aromatic rings. The Morgan fingerprint density at radius 3 is 2.50 bits per heavy atom. The molecule has 0 aromatic carbocycles. The van der Waals surface area contributed by atoms with E-state index in [4.69, 9.17) is 4.74 Å². The van der Waals surface area contributed by atoms with Gasteiger partial charge in [-0.25, -0.2) is 0 Å². The lowest BCUT2D eigenvalue weighted by atomic mass is 10.0. The van der Waals surface area contributed by atoms with Crippen LogP contribution in [0.3, 0.4) is 0 Å². The highest BCUT2D eigenvalue weighted by Crippen LogP contribution is 2.26. The minimum Gasteiger partial charge on any atom is -0.468 e. The summed E-state index contributed by atoms with van der Waals surface area (Å²) in [5.41, 5.74) is -0.586. The minimum absolute atomic E-state index is 0.148. The van der Waals surface area contributed by atoms with Crippen molar-refractivity contribution in [1.82, 2.24) is 15.1 Å². The van der Waals surface area contributed by atoms with E-state index in [1.54, 1.807) is 0 Å². The fourth-order valence-electron chi connectivity index (χ4n) is 3.37. The smallest absolute Gasteiger partial charge is 0.327 e. The maximum atomic E-state index is 12.2. The Kier molecular flexibility index (Phi) is 4.72. The Morgan fingerprint density at radius 1 is 1.40 bits per heavy atom. The Morgan fingerprint density at radius 2 is 2.05 bits per heavy atom. The number of likely N-dealkylation sites (N-methyl/N-ethyl adjacent to an activating group) is 1. The lowest BCUT2D eigenvalue weighted by molar-refractivity contribution is -0.148. The quantitative estimate of drug-likeness (QED) is 0.721. The lowest BCUT2D eigenvalue weighted by Gasteiger charge is -2.32. The van der Waals surface area contributed by atoms with E-state index >= 15 is 0 Å². The van der Waals surface area contributed by atoms with Crippen LogP contribution in [0, 0.1) is 5.92 Å². The van der Waals surface area contributed by atoms with Crippen molar-refractivity contribution in [2.24, 2.45) is 5.92 Å². The standard InChI is InChI=1S/C15H29N3O2/c1-11-8-18(9-13(11)17(3)4)10-15(2,14(19)20-5)16-12-6-7-12/h11-13,16H,6-10H2,1-5H3. The number of rotatable bonds is 6. The molecule has 5 heteroatoms. The van der Waals surface area contributed by atoms with E-state index in [1.165, 1.54) is 20.0 Å². The van der Waals surface area contributed by atoms with E-state index in [0.29, 0.717) is 18.0 Å². The molecule has 116 valence electrons. The summed E-state index contributed by atoms with van der Waals surface area (Å²) in [6.45, 7) is 7.05. The topological polar surface area (TPSA) is 44.8 Å². The minimum atomic E-state index is -0.586. The molecule has 1 N–H and O–H groups in total. The van der Waals surface area contributed by atoms with Crippen molar-refractivity contribution in [1.29, 1.82) is 0 Å². The highest BCUT2D eigenvalue weighted by Gasteiger charge is 2.43. The summed E-state index contributed by atoms with van der Waals surface area (Å²) in [5.74, 6) is 0.484. The monoisotopic (exact) mass is 283 g/mol. The number of nitrogens with one attached hydrogen (secondary N) is 1. The molecule has 0 amide bonds. The summed E-state index contributed by atoms with van der Waals surface area (Å²) in [7, 11) is 5.74. The number of esters is 1. The van der Waals surface area contributed by atoms with Gasteiger partial charge in [-0.3, -0.25) is 15.0 Å². The maximum absolute atomic E-state index is 12.2. The molecule has 0 bridgehead atoms. The molecule has 5 nitrogen and oxygen atoms in total. The number of carbonyl (C=O) groups excluding carboxylic acids is 1. The Balaban J connectivity index is 1.99. The molecule has 1 saturated carbocycles. The Hall–Kier alpha value is -0.650. The summed E-state index contributed by atoms with van der Waals surface area (Å²) in [5, 5.41) is 3.47. The van der Waals surface area contributed by atoms with Gasteiger partial charge in [0.2, 0.25) is 0 Å². The highest BCUT2D eigenvalue weighted by atomic mass is 16.5. The van der Waals surface area contributed by atoms with Crippen LogP contribution in [0.4, 0.5) is 0 Å². The van der Waals surface area contributed by atoms with Gasteiger partial charge in [-0.15, -0.1) is 0 Å². The van der Waals surface area contributed by atoms with E-state index in [0.717, 1.165) is 19.6 Å². The van der Waals surface area contributed by atoms with Crippen LogP contribution in [0.25, 0.3) is 0 Å². The normalized spacial score (nSPS) is 30.5. The first-order chi connectivity index (χ1) is 9.35. The largest absolute Gasteiger partial charge is 0.468 e. The molecule has 0 aromatic heterocycles. The summed E-state index contributed by atoms with van der Waals surface area (Å²) in [6, 6.07) is 1.06. The fraction of sp³-hybridized carbons (Fsp3) is 0.933. The second kappa shape index (κ2) is 6.00. The first kappa shape index (κ1) is 15.7. The molecule has 20 heavy (non-hydrogen) atoms. The number of likely N-dealkylation sites (tertiary alicyclic amines) is 1. The van der Waals surface area contributed by atoms with E-state index < -0.39 is 5.54 Å². The summed E-state index contributed by atoms with van der Waals surface area (Å²) in [6.07, 6.45) is 2.34. The predicted molar refractivity (Wildman–Crippen MR) is 79.7 cm³/mol. The SMILES string of the molecule is COC(=O)C(C)(CN1CC(C)C(N(C)C)C1)NC1CC1. The van der Waals surface area contributed by atoms with Gasteiger partial charge >= 0.3 is 5.97 Å². The molecule has 1 aliphatic heterocycles. The number of carbonyl (C=O) groups is 1. The molecular weight excluding hydrogens is 254 g/mol. The zero-order valence-corrected chi connectivity index (χ0v) is 13.5. The molecule has 1 aliphatic carbocycles. The van der Waals surface area contributed by atoms with Crippen molar-refractivity contribution < 1.29 is 9.53 Å². The van der Waals surface area contributed by atoms with Crippen LogP contribution in [0.2, 0.25) is 0 Å². The van der Waals surface area contributed by atoms with Gasteiger partial charge in [0.1, 0.15) is 5.54 Å². The second-order valence-corrected chi connectivity index (χ2v) is 6.94. The Labute approximate surface area is 122 Å². The third-order valence-corrected chi connectivity index (χ3v) is 4.59. The van der Waals surface area contributed by atoms with Crippen LogP contribution in [0.15, 0.2) is 0 Å². The van der Waals surface area contributed by atoms with Gasteiger partial charge in [0, 0.05) is 31.7 Å². The molecule has 2 fully saturated rings. The molecule has 2 rings (SSSR count). The van der Waals surface area contributed by atoms with Gasteiger partial charge in [0.05, 0.1) is 7.11 Å². The third kappa shape index (κ3) is 3.51. The first-order valence-corrected chi connectivity index (χ1v) is 7.60. The molecular formula is C15H29N3O2. The molecule has 1 heterocycles. The van der Waals surface area contributed by atoms with Gasteiger partial charge < -0.3 is 9.64 Å². The van der Waals surface area contributed by atoms with Crippen LogP contribution in [-0.4, -0.2) is 74.2 Å². The third-order valence-electron chi connectivity index (χ3n) is 4.59. The average molecular weight is 283 g/mol. The summed E-state index contributed by atoms with van der Waals surface area (Å²) < 4.78 is 5.02. The average Bonchev–Trinajstić information content (AvgIpc) is 3.10. The van der Waals surface area contributed by atoms with Crippen LogP contribution in [0.1, 0.15) is 26.7 Å². The molecule has 0 radical (unpaired) electrons. The van der Waals surface area contributed by atoms with Crippen molar-refractivity contribution in [2.45, 2.75) is 44.3 Å². The second-order valence-electron chi connectivity index (χ2n) is 6.94. The zero-order valence-electron chi connectivity index (χ0n) is 13.5. The first-order valence-electron chi connectivity index (χ1n) is 7.60. The number of ether oxygens (including phenoxy) is 1. The zero-order chi connectivity index (χ0) is 14.9. The van der Waals surface area contributed by atoms with Crippen LogP contribution >= 0.6 is 0 Å². The van der Waals surface area contributed by atoms with Crippen molar-refractivity contribution in [2.75, 3.05) is 40.8 Å². The molecule has 1 saturated heterocycles. The molecule has 2 aliphatic rings. The number of nitrogens with zero attached hydrogens (tertiary/aromatic N) is 2. The maximum Gasteiger partial charge on any atom is 0.327 e. The van der Waals surface area contributed by atoms with Gasteiger partial charge in [-0.2, -0.15) is 0 Å². The number of hydrogen-bond acceptors (Lipinski definition) is 5. The molecule has 3 unspecified atom stereocenters. The van der Waals surface area contributed by atoms with Gasteiger partial charge in [-0.05, 0) is 39.8 Å². The van der Waals surface area contributed by atoms with Crippen LogP contribution < -0.4 is 5.32 Å². The van der Waals surface area contributed by atoms with Crippen molar-refractivity contribution in [3.8, 4) is 0 Å². The number of methoxy groups -OCH3 is 1. The van der Waals surface area contributed by atoms with Gasteiger partial charge in [0.25, 0.3) is 0 Å². The summed E-state index contributed by atoms with van der Waals surface area (Å²) >= 11 is 0. The van der Waals surface area contributed by atoms with Crippen molar-refractivity contribution in [3.05, 3.63) is 0 Å². The van der Waals surface area contributed by atoms with E-state index in [1.807, 2.05) is 6.92 Å². The highest BCUT2D eigenvalue weighted by molar-refractivity contribution is 5.80. The van der Waals surface area contributed by atoms with Gasteiger partial charge in [-0.1, -0.05) is 6.92 Å². The van der Waals surface area contributed by atoms with Crippen LogP contribution in [-0.2, 0) is 9.53 Å². The van der Waals surface area contributed by atoms with E-state index in [-0.39, 0.29) is 5.97 Å². The fourth-order valence-corrected chi connectivity index (χ4v) is 3.37. The predicted octanol–water partition coefficient (Wildman–Crippen LogP) is 0.552. The van der Waals surface area contributed by atoms with E-state index in [2.05, 4.69) is 36.1 Å². The van der Waals surface area contributed by atoms with Crippen molar-refractivity contribution >= 4 is 5.97 Å². The molecule has 0 spiro atoms. The lowest BCUT2D eigenvalue weighted by Crippen LogP contribution is -2.58.